The predicted molar refractivity (Wildman–Crippen MR) is 53.4 cm³/mol. The Kier molecular flexibility index (Phi) is 1.56. The molecule has 0 saturated heterocycles. The van der Waals surface area contributed by atoms with Crippen LogP contribution in [-0.4, -0.2) is 5.78 Å². The molecular formula is C12H18O. The monoisotopic (exact) mass is 178 g/mol. The molecular weight excluding hydrogens is 160 g/mol. The molecule has 0 heterocycles. The fourth-order valence-electron chi connectivity index (χ4n) is 3.26. The first-order chi connectivity index (χ1) is 5.95. The summed E-state index contributed by atoms with van der Waals surface area (Å²) < 4.78 is 0. The summed E-state index contributed by atoms with van der Waals surface area (Å²) in [5.74, 6) is 0.936. The Morgan fingerprint density at radius 1 is 1.38 bits per heavy atom. The van der Waals surface area contributed by atoms with Gasteiger partial charge in [0.1, 0.15) is 0 Å². The average Bonchev–Trinajstić information content (AvgIpc) is 2.36. The van der Waals surface area contributed by atoms with Crippen molar-refractivity contribution < 1.29 is 4.79 Å². The molecule has 0 amide bonds. The second-order valence-corrected chi connectivity index (χ2v) is 5.22. The van der Waals surface area contributed by atoms with Gasteiger partial charge in [-0.1, -0.05) is 26.8 Å². The molecule has 0 aliphatic heterocycles. The minimum absolute atomic E-state index is 0.0699. The Morgan fingerprint density at radius 3 is 2.31 bits per heavy atom. The van der Waals surface area contributed by atoms with Crippen molar-refractivity contribution >= 4 is 5.78 Å². The zero-order valence-corrected chi connectivity index (χ0v) is 8.98. The third kappa shape index (κ3) is 0.762. The molecule has 2 aliphatic rings. The number of carbonyl (C=O) groups excluding carboxylic acids is 1. The SMILES string of the molecule is C/C=C1\C(=O)C2(C)CCC1C2(C)C. The van der Waals surface area contributed by atoms with E-state index in [9.17, 15) is 4.79 Å². The Balaban J connectivity index is 2.57. The lowest BCUT2D eigenvalue weighted by atomic mass is 9.70. The quantitative estimate of drug-likeness (QED) is 0.521. The van der Waals surface area contributed by atoms with E-state index >= 15 is 0 Å². The van der Waals surface area contributed by atoms with Gasteiger partial charge in [-0.3, -0.25) is 4.79 Å². The molecule has 0 radical (unpaired) electrons. The van der Waals surface area contributed by atoms with Crippen LogP contribution >= 0.6 is 0 Å². The van der Waals surface area contributed by atoms with E-state index in [1.54, 1.807) is 0 Å². The fourth-order valence-corrected chi connectivity index (χ4v) is 3.26. The van der Waals surface area contributed by atoms with Crippen molar-refractivity contribution in [1.82, 2.24) is 0 Å². The number of hydrogen-bond donors (Lipinski definition) is 0. The summed E-state index contributed by atoms with van der Waals surface area (Å²) in [7, 11) is 0. The van der Waals surface area contributed by atoms with Gasteiger partial charge in [0.2, 0.25) is 0 Å². The van der Waals surface area contributed by atoms with Gasteiger partial charge in [0.15, 0.2) is 5.78 Å². The summed E-state index contributed by atoms with van der Waals surface area (Å²) in [6, 6.07) is 0. The largest absolute Gasteiger partial charge is 0.294 e. The first-order valence-corrected chi connectivity index (χ1v) is 5.16. The molecule has 1 nitrogen and oxygen atoms in total. The molecule has 2 unspecified atom stereocenters. The van der Waals surface area contributed by atoms with E-state index in [4.69, 9.17) is 0 Å². The van der Waals surface area contributed by atoms with Crippen LogP contribution in [0.25, 0.3) is 0 Å². The van der Waals surface area contributed by atoms with Crippen molar-refractivity contribution in [3.63, 3.8) is 0 Å². The molecule has 13 heavy (non-hydrogen) atoms. The van der Waals surface area contributed by atoms with Crippen LogP contribution < -0.4 is 0 Å². The van der Waals surface area contributed by atoms with E-state index in [-0.39, 0.29) is 10.8 Å². The molecule has 2 aliphatic carbocycles. The van der Waals surface area contributed by atoms with Crippen molar-refractivity contribution in [3.8, 4) is 0 Å². The summed E-state index contributed by atoms with van der Waals surface area (Å²) in [5.41, 5.74) is 1.21. The molecule has 0 aromatic heterocycles. The first-order valence-electron chi connectivity index (χ1n) is 5.16. The third-order valence-electron chi connectivity index (χ3n) is 4.68. The van der Waals surface area contributed by atoms with Gasteiger partial charge in [-0.05, 0) is 36.7 Å². The molecule has 0 N–H and O–H groups in total. The standard InChI is InChI=1S/C12H18O/c1-5-8-9-6-7-12(4,10(8)13)11(9,2)3/h5,9H,6-7H2,1-4H3/b8-5-. The molecule has 72 valence electrons. The van der Waals surface area contributed by atoms with E-state index in [2.05, 4.69) is 20.8 Å². The van der Waals surface area contributed by atoms with Gasteiger partial charge in [0.05, 0.1) is 0 Å². The molecule has 0 spiro atoms. The van der Waals surface area contributed by atoms with Gasteiger partial charge >= 0.3 is 0 Å². The fraction of sp³-hybridized carbons (Fsp3) is 0.750. The van der Waals surface area contributed by atoms with Crippen molar-refractivity contribution in [3.05, 3.63) is 11.6 Å². The molecule has 2 fully saturated rings. The predicted octanol–water partition coefficient (Wildman–Crippen LogP) is 2.96. The summed E-state index contributed by atoms with van der Waals surface area (Å²) in [5, 5.41) is 0. The maximum absolute atomic E-state index is 12.1. The highest BCUT2D eigenvalue weighted by Crippen LogP contribution is 2.65. The number of carbonyl (C=O) groups is 1. The van der Waals surface area contributed by atoms with E-state index in [1.807, 2.05) is 13.0 Å². The lowest BCUT2D eigenvalue weighted by Gasteiger charge is -2.31. The number of allylic oxidation sites excluding steroid dienone is 2. The highest BCUT2D eigenvalue weighted by atomic mass is 16.1. The van der Waals surface area contributed by atoms with Crippen LogP contribution in [0.3, 0.4) is 0 Å². The Morgan fingerprint density at radius 2 is 2.00 bits per heavy atom. The van der Waals surface area contributed by atoms with Crippen LogP contribution in [0.15, 0.2) is 11.6 Å². The second-order valence-electron chi connectivity index (χ2n) is 5.22. The maximum Gasteiger partial charge on any atom is 0.165 e. The molecule has 2 atom stereocenters. The van der Waals surface area contributed by atoms with Crippen LogP contribution in [0, 0.1) is 16.7 Å². The van der Waals surface area contributed by atoms with E-state index in [0.29, 0.717) is 11.7 Å². The van der Waals surface area contributed by atoms with Gasteiger partial charge in [0, 0.05) is 5.41 Å². The third-order valence-corrected chi connectivity index (χ3v) is 4.68. The first kappa shape index (κ1) is 8.98. The molecule has 2 rings (SSSR count). The molecule has 0 aromatic rings. The van der Waals surface area contributed by atoms with Gasteiger partial charge < -0.3 is 0 Å². The highest BCUT2D eigenvalue weighted by Gasteiger charge is 2.63. The maximum atomic E-state index is 12.1. The second kappa shape index (κ2) is 2.26. The number of hydrogen-bond acceptors (Lipinski definition) is 1. The van der Waals surface area contributed by atoms with Crippen molar-refractivity contribution in [2.45, 2.75) is 40.5 Å². The van der Waals surface area contributed by atoms with Crippen LogP contribution in [0.5, 0.6) is 0 Å². The summed E-state index contributed by atoms with van der Waals surface area (Å²) in [6.07, 6.45) is 4.31. The number of ketones is 1. The topological polar surface area (TPSA) is 17.1 Å². The number of Topliss-reactive ketones (excluding diaryl/α,β-unsaturated/α-hetero) is 1. The smallest absolute Gasteiger partial charge is 0.165 e. The van der Waals surface area contributed by atoms with Crippen LogP contribution in [0.1, 0.15) is 40.5 Å². The lowest BCUT2D eigenvalue weighted by Crippen LogP contribution is -2.32. The average molecular weight is 178 g/mol. The van der Waals surface area contributed by atoms with Crippen LogP contribution in [0.4, 0.5) is 0 Å². The minimum atomic E-state index is -0.0699. The van der Waals surface area contributed by atoms with Crippen LogP contribution in [-0.2, 0) is 4.79 Å². The van der Waals surface area contributed by atoms with Gasteiger partial charge in [-0.25, -0.2) is 0 Å². The Labute approximate surface area is 80.2 Å². The van der Waals surface area contributed by atoms with E-state index in [1.165, 1.54) is 6.42 Å². The summed E-state index contributed by atoms with van der Waals surface area (Å²) >= 11 is 0. The molecule has 2 bridgehead atoms. The minimum Gasteiger partial charge on any atom is -0.294 e. The van der Waals surface area contributed by atoms with Crippen LogP contribution in [0.2, 0.25) is 0 Å². The molecule has 1 heteroatoms. The summed E-state index contributed by atoms with van der Waals surface area (Å²) in [6.45, 7) is 8.64. The van der Waals surface area contributed by atoms with Gasteiger partial charge in [-0.2, -0.15) is 0 Å². The number of rotatable bonds is 0. The Bertz CT molecular complexity index is 298. The normalized spacial score (nSPS) is 44.8. The summed E-state index contributed by atoms with van der Waals surface area (Å²) in [4.78, 5) is 12.1. The van der Waals surface area contributed by atoms with Crippen molar-refractivity contribution in [1.29, 1.82) is 0 Å². The zero-order valence-electron chi connectivity index (χ0n) is 8.98. The zero-order chi connectivity index (χ0) is 9.85. The van der Waals surface area contributed by atoms with E-state index in [0.717, 1.165) is 12.0 Å². The van der Waals surface area contributed by atoms with Crippen molar-refractivity contribution in [2.75, 3.05) is 0 Å². The molecule has 2 saturated carbocycles. The highest BCUT2D eigenvalue weighted by molar-refractivity contribution is 6.04. The number of fused-ring (bicyclic) bond motifs is 2. The van der Waals surface area contributed by atoms with E-state index < -0.39 is 0 Å². The van der Waals surface area contributed by atoms with Gasteiger partial charge in [-0.15, -0.1) is 0 Å². The molecule has 0 aromatic carbocycles. The Hall–Kier alpha value is -0.590. The van der Waals surface area contributed by atoms with Gasteiger partial charge in [0.25, 0.3) is 0 Å². The lowest BCUT2D eigenvalue weighted by molar-refractivity contribution is -0.125. The van der Waals surface area contributed by atoms with Crippen molar-refractivity contribution in [2.24, 2.45) is 16.7 Å².